The number of halogens is 2. The molecule has 2 rings (SSSR count). The molecule has 0 aliphatic carbocycles. The van der Waals surface area contributed by atoms with E-state index in [2.05, 4.69) is 60.2 Å². The average molecular weight is 385 g/mol. The molecule has 1 nitrogen and oxygen atoms in total. The fourth-order valence-corrected chi connectivity index (χ4v) is 3.55. The molecule has 0 unspecified atom stereocenters. The lowest BCUT2D eigenvalue weighted by Crippen LogP contribution is -2.35. The Hall–Kier alpha value is -0.480. The number of hydrogen-bond acceptors (Lipinski definition) is 2. The zero-order valence-electron chi connectivity index (χ0n) is 12.4. The number of rotatable bonds is 4. The Labute approximate surface area is 144 Å². The molecule has 2 aromatic rings. The van der Waals surface area contributed by atoms with Gasteiger partial charge < -0.3 is 5.32 Å². The summed E-state index contributed by atoms with van der Waals surface area (Å²) in [6.45, 7) is 7.34. The largest absolute Gasteiger partial charge is 0.308 e. The Morgan fingerprint density at radius 2 is 1.81 bits per heavy atom. The van der Waals surface area contributed by atoms with Crippen LogP contribution in [-0.4, -0.2) is 5.54 Å². The van der Waals surface area contributed by atoms with Gasteiger partial charge in [0.15, 0.2) is 0 Å². The second-order valence-electron chi connectivity index (χ2n) is 5.89. The third-order valence-electron chi connectivity index (χ3n) is 2.89. The first-order valence-electron chi connectivity index (χ1n) is 6.81. The van der Waals surface area contributed by atoms with Crippen LogP contribution in [0.3, 0.4) is 0 Å². The van der Waals surface area contributed by atoms with Gasteiger partial charge in [0.2, 0.25) is 0 Å². The van der Waals surface area contributed by atoms with Crippen LogP contribution >= 0.6 is 39.3 Å². The minimum atomic E-state index is 0.0922. The van der Waals surface area contributed by atoms with Crippen LogP contribution in [-0.2, 0) is 6.54 Å². The van der Waals surface area contributed by atoms with Gasteiger partial charge in [0, 0.05) is 31.4 Å². The van der Waals surface area contributed by atoms with Crippen LogP contribution in [0.15, 0.2) is 56.7 Å². The highest BCUT2D eigenvalue weighted by atomic mass is 79.9. The maximum atomic E-state index is 6.17. The van der Waals surface area contributed by atoms with Gasteiger partial charge in [0.25, 0.3) is 0 Å². The van der Waals surface area contributed by atoms with Gasteiger partial charge in [-0.1, -0.05) is 41.6 Å². The summed E-state index contributed by atoms with van der Waals surface area (Å²) in [7, 11) is 0. The summed E-state index contributed by atoms with van der Waals surface area (Å²) in [5, 5.41) is 4.30. The predicted molar refractivity (Wildman–Crippen MR) is 96.3 cm³/mol. The number of hydrogen-bond donors (Lipinski definition) is 1. The molecule has 0 radical (unpaired) electrons. The van der Waals surface area contributed by atoms with Crippen LogP contribution in [0.2, 0.25) is 5.02 Å². The average Bonchev–Trinajstić information content (AvgIpc) is 2.39. The molecule has 112 valence electrons. The quantitative estimate of drug-likeness (QED) is 0.679. The van der Waals surface area contributed by atoms with E-state index in [-0.39, 0.29) is 5.54 Å². The van der Waals surface area contributed by atoms with Crippen molar-refractivity contribution < 1.29 is 0 Å². The zero-order chi connectivity index (χ0) is 15.5. The summed E-state index contributed by atoms with van der Waals surface area (Å²) >= 11 is 11.5. The molecule has 0 aliphatic heterocycles. The minimum absolute atomic E-state index is 0.0922. The van der Waals surface area contributed by atoms with Gasteiger partial charge in [-0.3, -0.25) is 0 Å². The Bertz CT molecular complexity index is 622. The van der Waals surface area contributed by atoms with E-state index in [1.807, 2.05) is 24.3 Å². The van der Waals surface area contributed by atoms with Gasteiger partial charge in [0.1, 0.15) is 0 Å². The molecule has 0 saturated heterocycles. The maximum Gasteiger partial charge on any atom is 0.0417 e. The lowest BCUT2D eigenvalue weighted by Gasteiger charge is -2.21. The van der Waals surface area contributed by atoms with Gasteiger partial charge in [0.05, 0.1) is 0 Å². The zero-order valence-corrected chi connectivity index (χ0v) is 15.6. The summed E-state index contributed by atoms with van der Waals surface area (Å²) in [5.41, 5.74) is 1.35. The van der Waals surface area contributed by atoms with Gasteiger partial charge in [-0.25, -0.2) is 0 Å². The highest BCUT2D eigenvalue weighted by molar-refractivity contribution is 9.10. The summed E-state index contributed by atoms with van der Waals surface area (Å²) in [5.74, 6) is 0. The SMILES string of the molecule is CC(C)(C)NCc1ccc(Cl)cc1Sc1ccccc1Br. The monoisotopic (exact) mass is 383 g/mol. The fourth-order valence-electron chi connectivity index (χ4n) is 1.78. The summed E-state index contributed by atoms with van der Waals surface area (Å²) < 4.78 is 1.10. The summed E-state index contributed by atoms with van der Waals surface area (Å²) in [6.07, 6.45) is 0. The lowest BCUT2D eigenvalue weighted by atomic mass is 10.1. The molecule has 0 saturated carbocycles. The van der Waals surface area contributed by atoms with E-state index in [9.17, 15) is 0 Å². The van der Waals surface area contributed by atoms with Gasteiger partial charge in [-0.2, -0.15) is 0 Å². The molecule has 21 heavy (non-hydrogen) atoms. The normalized spacial score (nSPS) is 11.7. The van der Waals surface area contributed by atoms with Gasteiger partial charge >= 0.3 is 0 Å². The second-order valence-corrected chi connectivity index (χ2v) is 8.26. The van der Waals surface area contributed by atoms with E-state index in [4.69, 9.17) is 11.6 Å². The molecule has 1 N–H and O–H groups in total. The predicted octanol–water partition coefficient (Wildman–Crippen LogP) is 6.14. The molecule has 0 aromatic heterocycles. The third-order valence-corrected chi connectivity index (χ3v) is 5.26. The van der Waals surface area contributed by atoms with Crippen molar-refractivity contribution in [2.45, 2.75) is 42.6 Å². The first-order valence-corrected chi connectivity index (χ1v) is 8.80. The van der Waals surface area contributed by atoms with Crippen LogP contribution in [0.25, 0.3) is 0 Å². The topological polar surface area (TPSA) is 12.0 Å². The van der Waals surface area contributed by atoms with E-state index in [1.54, 1.807) is 11.8 Å². The molecule has 0 bridgehead atoms. The van der Waals surface area contributed by atoms with E-state index in [0.29, 0.717) is 0 Å². The van der Waals surface area contributed by atoms with Crippen LogP contribution in [0.4, 0.5) is 0 Å². The van der Waals surface area contributed by atoms with E-state index >= 15 is 0 Å². The molecule has 0 heterocycles. The van der Waals surface area contributed by atoms with Crippen molar-refractivity contribution in [2.24, 2.45) is 0 Å². The minimum Gasteiger partial charge on any atom is -0.308 e. The summed E-state index contributed by atoms with van der Waals surface area (Å²) in [4.78, 5) is 2.38. The van der Waals surface area contributed by atoms with E-state index < -0.39 is 0 Å². The van der Waals surface area contributed by atoms with Crippen molar-refractivity contribution in [2.75, 3.05) is 0 Å². The Kier molecular flexibility index (Phi) is 5.78. The van der Waals surface area contributed by atoms with Crippen molar-refractivity contribution in [3.05, 3.63) is 57.5 Å². The van der Waals surface area contributed by atoms with Crippen LogP contribution < -0.4 is 5.32 Å². The molecule has 0 aliphatic rings. The highest BCUT2D eigenvalue weighted by Gasteiger charge is 2.12. The van der Waals surface area contributed by atoms with Crippen LogP contribution in [0.1, 0.15) is 26.3 Å². The van der Waals surface area contributed by atoms with E-state index in [1.165, 1.54) is 15.4 Å². The van der Waals surface area contributed by atoms with E-state index in [0.717, 1.165) is 16.0 Å². The van der Waals surface area contributed by atoms with Crippen molar-refractivity contribution in [3.63, 3.8) is 0 Å². The summed E-state index contributed by atoms with van der Waals surface area (Å²) in [6, 6.07) is 14.3. The standard InChI is InChI=1S/C17H19BrClNS/c1-17(2,3)20-11-12-8-9-13(19)10-16(12)21-15-7-5-4-6-14(15)18/h4-10,20H,11H2,1-3H3. The Morgan fingerprint density at radius 3 is 2.48 bits per heavy atom. The van der Waals surface area contributed by atoms with Gasteiger partial charge in [-0.05, 0) is 66.5 Å². The third kappa shape index (κ3) is 5.33. The van der Waals surface area contributed by atoms with Crippen molar-refractivity contribution >= 4 is 39.3 Å². The van der Waals surface area contributed by atoms with Crippen LogP contribution in [0.5, 0.6) is 0 Å². The Balaban J connectivity index is 2.25. The fraction of sp³-hybridized carbons (Fsp3) is 0.294. The number of benzene rings is 2. The molecule has 0 atom stereocenters. The second kappa shape index (κ2) is 7.19. The van der Waals surface area contributed by atoms with Crippen molar-refractivity contribution in [1.82, 2.24) is 5.32 Å². The lowest BCUT2D eigenvalue weighted by molar-refractivity contribution is 0.422. The molecule has 4 heteroatoms. The Morgan fingerprint density at radius 1 is 1.10 bits per heavy atom. The first kappa shape index (κ1) is 16.9. The van der Waals surface area contributed by atoms with Gasteiger partial charge in [-0.15, -0.1) is 0 Å². The number of nitrogens with one attached hydrogen (secondary N) is 1. The molecular formula is C17H19BrClNS. The smallest absolute Gasteiger partial charge is 0.0417 e. The molecule has 0 amide bonds. The van der Waals surface area contributed by atoms with Crippen molar-refractivity contribution in [1.29, 1.82) is 0 Å². The van der Waals surface area contributed by atoms with Crippen molar-refractivity contribution in [3.8, 4) is 0 Å². The van der Waals surface area contributed by atoms with Crippen LogP contribution in [0, 0.1) is 0 Å². The first-order chi connectivity index (χ1) is 9.85. The highest BCUT2D eigenvalue weighted by Crippen LogP contribution is 2.36. The maximum absolute atomic E-state index is 6.17. The molecule has 0 fully saturated rings. The molecule has 0 spiro atoms. The molecular weight excluding hydrogens is 366 g/mol. The molecule has 2 aromatic carbocycles.